The lowest BCUT2D eigenvalue weighted by Crippen LogP contribution is -2.55. The molecule has 71 heavy (non-hydrogen) atoms. The largest absolute Gasteiger partial charge is 0.489 e. The summed E-state index contributed by atoms with van der Waals surface area (Å²) in [6, 6.07) is 20.9. The van der Waals surface area contributed by atoms with Crippen LogP contribution in [0.2, 0.25) is 0 Å². The van der Waals surface area contributed by atoms with Gasteiger partial charge in [0, 0.05) is 54.6 Å². The zero-order valence-electron chi connectivity index (χ0n) is 40.3. The maximum absolute atomic E-state index is 14.7. The number of nitro groups is 1. The van der Waals surface area contributed by atoms with Gasteiger partial charge in [0.1, 0.15) is 24.0 Å². The van der Waals surface area contributed by atoms with Gasteiger partial charge < -0.3 is 39.4 Å². The van der Waals surface area contributed by atoms with E-state index in [0.29, 0.717) is 73.4 Å². The van der Waals surface area contributed by atoms with Crippen molar-refractivity contribution in [3.05, 3.63) is 99.7 Å². The number of nitrogens with one attached hydrogen (secondary N) is 3. The van der Waals surface area contributed by atoms with Crippen LogP contribution < -0.4 is 29.3 Å². The number of aryl methyl sites for hydroxylation is 1. The number of amides is 1. The number of piperidine rings is 1. The predicted molar refractivity (Wildman–Crippen MR) is 268 cm³/mol. The summed E-state index contributed by atoms with van der Waals surface area (Å²) < 4.78 is 49.4. The van der Waals surface area contributed by atoms with Crippen molar-refractivity contribution in [1.82, 2.24) is 19.6 Å². The first kappa shape index (κ1) is 46.1. The summed E-state index contributed by atoms with van der Waals surface area (Å²) in [5.74, 6) is -0.215. The highest BCUT2D eigenvalue weighted by Gasteiger charge is 2.50. The molecule has 17 nitrogen and oxygen atoms in total. The lowest BCUT2D eigenvalue weighted by atomic mass is 9.59. The zero-order valence-corrected chi connectivity index (χ0v) is 41.1. The smallest absolute Gasteiger partial charge is 0.297 e. The monoisotopic (exact) mass is 986 g/mol. The van der Waals surface area contributed by atoms with Crippen LogP contribution in [0.15, 0.2) is 77.8 Å². The van der Waals surface area contributed by atoms with Gasteiger partial charge in [-0.25, -0.2) is 13.1 Å². The highest BCUT2D eigenvalue weighted by molar-refractivity contribution is 7.90. The third kappa shape index (κ3) is 8.53. The average molecular weight is 987 g/mol. The number of hydrogen-bond donors (Lipinski definition) is 4. The third-order valence-electron chi connectivity index (χ3n) is 17.0. The highest BCUT2D eigenvalue weighted by Crippen LogP contribution is 2.55. The van der Waals surface area contributed by atoms with Gasteiger partial charge in [-0.1, -0.05) is 24.3 Å². The van der Waals surface area contributed by atoms with E-state index < -0.39 is 43.1 Å². The molecule has 0 unspecified atom stereocenters. The lowest BCUT2D eigenvalue weighted by molar-refractivity contribution is -0.384. The number of likely N-dealkylation sites (tertiary alicyclic amines) is 1. The molecule has 18 heteroatoms. The van der Waals surface area contributed by atoms with Crippen LogP contribution in [0, 0.1) is 28.4 Å². The van der Waals surface area contributed by atoms with Gasteiger partial charge in [0.25, 0.3) is 21.6 Å². The van der Waals surface area contributed by atoms with Crippen molar-refractivity contribution < 1.29 is 37.5 Å². The molecule has 4 atom stereocenters. The van der Waals surface area contributed by atoms with Gasteiger partial charge in [0.05, 0.1) is 52.0 Å². The average Bonchev–Trinajstić information content (AvgIpc) is 4.14. The number of aromatic nitrogens is 2. The normalized spacial score (nSPS) is 27.2. The number of ether oxygens (including phenoxy) is 3. The Morgan fingerprint density at radius 2 is 1.77 bits per heavy atom. The van der Waals surface area contributed by atoms with Crippen molar-refractivity contribution in [3.8, 4) is 11.6 Å². The molecule has 5 aliphatic heterocycles. The molecule has 7 heterocycles. The molecule has 3 aromatic carbocycles. The molecule has 2 aliphatic carbocycles. The fourth-order valence-corrected chi connectivity index (χ4v) is 14.0. The Kier molecular flexibility index (Phi) is 11.5. The van der Waals surface area contributed by atoms with Crippen molar-refractivity contribution >= 4 is 55.4 Å². The van der Waals surface area contributed by atoms with Gasteiger partial charge in [-0.05, 0) is 144 Å². The molecule has 1 amide bonds. The number of nitro benzene ring substituents is 1. The first-order valence-electron chi connectivity index (χ1n) is 25.4. The van der Waals surface area contributed by atoms with Crippen LogP contribution in [-0.2, 0) is 14.8 Å². The summed E-state index contributed by atoms with van der Waals surface area (Å²) in [5, 5.41) is 27.1. The Balaban J connectivity index is 0.819. The van der Waals surface area contributed by atoms with Crippen LogP contribution >= 0.6 is 0 Å². The number of carbonyl (C=O) groups is 1. The number of pyridine rings is 1. The minimum absolute atomic E-state index is 0.0175. The molecule has 0 bridgehead atoms. The predicted octanol–water partition coefficient (Wildman–Crippen LogP) is 8.29. The van der Waals surface area contributed by atoms with E-state index in [1.165, 1.54) is 42.9 Å². The van der Waals surface area contributed by atoms with Gasteiger partial charge in [0.15, 0.2) is 11.4 Å². The van der Waals surface area contributed by atoms with Gasteiger partial charge in [-0.3, -0.25) is 19.8 Å². The Bertz CT molecular complexity index is 3010. The van der Waals surface area contributed by atoms with E-state index in [0.717, 1.165) is 62.5 Å². The van der Waals surface area contributed by atoms with Crippen molar-refractivity contribution in [3.63, 3.8) is 0 Å². The van der Waals surface area contributed by atoms with E-state index in [-0.39, 0.29) is 41.1 Å². The number of rotatable bonds is 10. The van der Waals surface area contributed by atoms with Gasteiger partial charge in [-0.15, -0.1) is 0 Å². The Morgan fingerprint density at radius 1 is 0.972 bits per heavy atom. The molecule has 5 aromatic rings. The number of sulfonamides is 1. The number of H-pyrrole nitrogens is 1. The third-order valence-corrected chi connectivity index (χ3v) is 18.3. The summed E-state index contributed by atoms with van der Waals surface area (Å²) in [4.78, 5) is 41.3. The molecule has 2 saturated carbocycles. The van der Waals surface area contributed by atoms with E-state index in [2.05, 4.69) is 56.0 Å². The van der Waals surface area contributed by atoms with Gasteiger partial charge >= 0.3 is 0 Å². The second-order valence-corrected chi connectivity index (χ2v) is 23.4. The Labute approximate surface area is 413 Å². The second kappa shape index (κ2) is 17.7. The maximum Gasteiger partial charge on any atom is 0.297 e. The van der Waals surface area contributed by atoms with Crippen LogP contribution in [0.1, 0.15) is 105 Å². The van der Waals surface area contributed by atoms with Crippen LogP contribution in [-0.4, -0.2) is 109 Å². The van der Waals surface area contributed by atoms with Gasteiger partial charge in [0.2, 0.25) is 5.88 Å². The van der Waals surface area contributed by atoms with E-state index in [4.69, 9.17) is 19.2 Å². The molecule has 12 rings (SSSR count). The number of hydrogen-bond acceptors (Lipinski definition) is 14. The molecular weight excluding hydrogens is 925 g/mol. The molecular formula is C53H62N8O9S. The zero-order chi connectivity index (χ0) is 48.8. The topological polar surface area (TPSA) is 205 Å². The van der Waals surface area contributed by atoms with Crippen LogP contribution in [0.4, 0.5) is 28.4 Å². The Hall–Kier alpha value is -5.95. The van der Waals surface area contributed by atoms with E-state index >= 15 is 0 Å². The van der Waals surface area contributed by atoms with E-state index in [1.54, 1.807) is 12.3 Å². The number of fused-ring (bicyclic) bond motifs is 4. The summed E-state index contributed by atoms with van der Waals surface area (Å²) in [6.45, 7) is 7.67. The van der Waals surface area contributed by atoms with Crippen LogP contribution in [0.25, 0.3) is 11.0 Å². The number of aromatic amines is 1. The molecule has 7 aliphatic rings. The first-order chi connectivity index (χ1) is 34.2. The van der Waals surface area contributed by atoms with Crippen LogP contribution in [0.5, 0.6) is 11.6 Å². The Morgan fingerprint density at radius 3 is 2.56 bits per heavy atom. The number of carbonyl (C=O) groups excluding carboxylic acids is 1. The molecule has 2 aromatic heterocycles. The fourth-order valence-electron chi connectivity index (χ4n) is 13.0. The number of benzene rings is 3. The van der Waals surface area contributed by atoms with Crippen molar-refractivity contribution in [2.45, 2.75) is 125 Å². The van der Waals surface area contributed by atoms with E-state index in [9.17, 15) is 28.4 Å². The second-order valence-electron chi connectivity index (χ2n) is 21.7. The maximum atomic E-state index is 14.7. The van der Waals surface area contributed by atoms with Crippen molar-refractivity contribution in [1.29, 1.82) is 0 Å². The minimum Gasteiger partial charge on any atom is -0.489 e. The molecule has 3 saturated heterocycles. The summed E-state index contributed by atoms with van der Waals surface area (Å²) >= 11 is 0. The number of nitrogens with zero attached hydrogens (tertiary/aromatic N) is 5. The molecule has 5 fully saturated rings. The highest BCUT2D eigenvalue weighted by atomic mass is 32.2. The standard InChI is InChI=1S/C53H62N8O9S/c1-32-6-3-4-7-39(32)41-8-5-19-59(41)37-27-53(28-37)16-20-58(21-17-53)36-9-10-40(42(24-36)60-44-23-34-13-18-54-49(34)56-51(44)70-47-31-68-30-45(47)60)50(62)57-71(66,67)38-25-43(61(64)65)48-46(26-38)69-29-35(55-48)22-33-11-14-52(2,63)15-12-33/h3-4,6-7,9-10,13,18,23-26,33,35,37,41,45,47,55,63H,5,8,11-12,14-17,19-22,27-31H2,1-2H3,(H,54,56)(H,57,62)/t33?,35-,41-,45+,47+,52?/m0/s1. The first-order valence-corrected chi connectivity index (χ1v) is 26.9. The lowest BCUT2D eigenvalue weighted by Gasteiger charge is -2.56. The van der Waals surface area contributed by atoms with Crippen molar-refractivity contribution in [2.75, 3.05) is 54.6 Å². The van der Waals surface area contributed by atoms with Crippen molar-refractivity contribution in [2.24, 2.45) is 11.3 Å². The van der Waals surface area contributed by atoms with E-state index in [1.807, 2.05) is 36.1 Å². The molecule has 4 N–H and O–H groups in total. The quantitative estimate of drug-likeness (QED) is 0.0768. The SMILES string of the molecule is Cc1ccccc1[C@@H]1CCCN1C1CC2(CCN(c3ccc(C(=O)NS(=O)(=O)c4cc5c(c([N+](=O)[O-])c4)N[C@@H](CC4CCC(C)(O)CC4)CO5)c(N4c5cc6cc[nH]c6nc5O[C@@H]5COC[C@H]54)c3)CC2)C1. The molecule has 0 radical (unpaired) electrons. The van der Waals surface area contributed by atoms with Gasteiger partial charge in [-0.2, -0.15) is 4.98 Å². The summed E-state index contributed by atoms with van der Waals surface area (Å²) in [7, 11) is -4.70. The molecule has 1 spiro atoms. The minimum atomic E-state index is -4.70. The summed E-state index contributed by atoms with van der Waals surface area (Å²) in [6.07, 6.45) is 12.0. The number of anilines is 4. The fraction of sp³-hybridized carbons (Fsp3) is 0.509. The summed E-state index contributed by atoms with van der Waals surface area (Å²) in [5.41, 5.74) is 4.78. The van der Waals surface area contributed by atoms with Crippen LogP contribution in [0.3, 0.4) is 0 Å². The molecule has 374 valence electrons. The number of aliphatic hydroxyl groups is 1.